The molecule has 162 valence electrons. The van der Waals surface area contributed by atoms with Crippen molar-refractivity contribution in [2.24, 2.45) is 0 Å². The zero-order valence-corrected chi connectivity index (χ0v) is 18.1. The van der Waals surface area contributed by atoms with Gasteiger partial charge in [-0.1, -0.05) is 0 Å². The van der Waals surface area contributed by atoms with Gasteiger partial charge in [-0.2, -0.15) is 0 Å². The van der Waals surface area contributed by atoms with E-state index in [9.17, 15) is 5.11 Å². The van der Waals surface area contributed by atoms with Crippen LogP contribution in [0.5, 0.6) is 5.75 Å². The highest BCUT2D eigenvalue weighted by molar-refractivity contribution is 5.89. The summed E-state index contributed by atoms with van der Waals surface area (Å²) in [6.07, 6.45) is 9.43. The highest BCUT2D eigenvalue weighted by Crippen LogP contribution is 2.43. The van der Waals surface area contributed by atoms with Gasteiger partial charge < -0.3 is 15.3 Å². The second-order valence-corrected chi connectivity index (χ2v) is 9.59. The van der Waals surface area contributed by atoms with Gasteiger partial charge in [0.15, 0.2) is 0 Å². The van der Waals surface area contributed by atoms with E-state index in [1.807, 2.05) is 31.0 Å². The van der Waals surface area contributed by atoms with E-state index < -0.39 is 11.7 Å². The standard InChI is InChI=1S/C24H28FN5O/c1-23-6-4-7-24(2,29-23)22(25)19(11-23)30(3)21-14-27-18(13-28-21)17-9-15-5-8-26-12-16(15)10-20(17)31/h5,8-10,12-14,19,22,29,31H,4,6-7,11H2,1-3H3/t19-,22+,23-,24+/m1/s1. The van der Waals surface area contributed by atoms with Crippen LogP contribution in [0.25, 0.3) is 22.0 Å². The Morgan fingerprint density at radius 1 is 1.13 bits per heavy atom. The molecule has 2 aliphatic heterocycles. The van der Waals surface area contributed by atoms with Crippen molar-refractivity contribution in [1.29, 1.82) is 0 Å². The minimum absolute atomic E-state index is 0.0619. The molecule has 0 spiro atoms. The van der Waals surface area contributed by atoms with E-state index in [0.717, 1.165) is 36.5 Å². The van der Waals surface area contributed by atoms with Crippen molar-refractivity contribution in [2.45, 2.75) is 62.8 Å². The summed E-state index contributed by atoms with van der Waals surface area (Å²) in [5.74, 6) is 0.764. The number of fused-ring (bicyclic) bond motifs is 3. The summed E-state index contributed by atoms with van der Waals surface area (Å²) in [6, 6.07) is 5.19. The molecule has 0 aliphatic carbocycles. The lowest BCUT2D eigenvalue weighted by Crippen LogP contribution is -2.72. The molecule has 1 aromatic carbocycles. The maximum Gasteiger partial charge on any atom is 0.147 e. The maximum absolute atomic E-state index is 15.6. The lowest BCUT2D eigenvalue weighted by Gasteiger charge is -2.56. The summed E-state index contributed by atoms with van der Waals surface area (Å²) >= 11 is 0. The van der Waals surface area contributed by atoms with Gasteiger partial charge in [0.25, 0.3) is 0 Å². The summed E-state index contributed by atoms with van der Waals surface area (Å²) in [7, 11) is 1.90. The van der Waals surface area contributed by atoms with Crippen LogP contribution in [0.3, 0.4) is 0 Å². The van der Waals surface area contributed by atoms with Gasteiger partial charge in [-0.3, -0.25) is 9.97 Å². The molecule has 2 N–H and O–H groups in total. The number of piperidine rings is 2. The smallest absolute Gasteiger partial charge is 0.147 e. The monoisotopic (exact) mass is 421 g/mol. The molecule has 2 aliphatic rings. The number of anilines is 1. The number of nitrogens with zero attached hydrogens (tertiary/aromatic N) is 4. The molecule has 0 radical (unpaired) electrons. The first-order chi connectivity index (χ1) is 14.8. The number of hydrogen-bond acceptors (Lipinski definition) is 6. The second-order valence-electron chi connectivity index (χ2n) is 9.59. The molecule has 2 aromatic heterocycles. The highest BCUT2D eigenvalue weighted by atomic mass is 19.1. The quantitative estimate of drug-likeness (QED) is 0.659. The number of pyridine rings is 1. The molecule has 4 atom stereocenters. The summed E-state index contributed by atoms with van der Waals surface area (Å²) in [6.45, 7) is 4.20. The SMILES string of the molecule is CN(c1cnc(-c2cc3ccncc3cc2O)cn1)[C@@H]1C[C@@]2(C)CCC[C@](C)(N2)[C@H]1F. The van der Waals surface area contributed by atoms with Crippen molar-refractivity contribution >= 4 is 16.6 Å². The number of benzene rings is 1. The van der Waals surface area contributed by atoms with Crippen LogP contribution in [0.2, 0.25) is 0 Å². The van der Waals surface area contributed by atoms with Crippen LogP contribution < -0.4 is 10.2 Å². The number of halogens is 1. The number of rotatable bonds is 3. The van der Waals surface area contributed by atoms with E-state index in [0.29, 0.717) is 17.1 Å². The first kappa shape index (κ1) is 20.1. The number of alkyl halides is 1. The Morgan fingerprint density at radius 3 is 2.74 bits per heavy atom. The summed E-state index contributed by atoms with van der Waals surface area (Å²) < 4.78 is 15.6. The predicted octanol–water partition coefficient (Wildman–Crippen LogP) is 4.23. The molecule has 2 bridgehead atoms. The summed E-state index contributed by atoms with van der Waals surface area (Å²) in [5, 5.41) is 15.9. The minimum atomic E-state index is -0.995. The zero-order valence-electron chi connectivity index (χ0n) is 18.1. The molecule has 3 aromatic rings. The fraction of sp³-hybridized carbons (Fsp3) is 0.458. The third kappa shape index (κ3) is 3.41. The number of aromatic nitrogens is 3. The van der Waals surface area contributed by atoms with Crippen molar-refractivity contribution in [3.63, 3.8) is 0 Å². The third-order valence-electron chi connectivity index (χ3n) is 7.15. The minimum Gasteiger partial charge on any atom is -0.507 e. The molecular formula is C24H28FN5O. The van der Waals surface area contributed by atoms with Gasteiger partial charge in [0.1, 0.15) is 17.7 Å². The van der Waals surface area contributed by atoms with E-state index in [2.05, 4.69) is 27.2 Å². The molecular weight excluding hydrogens is 393 g/mol. The van der Waals surface area contributed by atoms with Crippen molar-refractivity contribution in [1.82, 2.24) is 20.3 Å². The zero-order chi connectivity index (χ0) is 21.8. The van der Waals surface area contributed by atoms with Crippen molar-refractivity contribution < 1.29 is 9.50 Å². The number of hydrogen-bond donors (Lipinski definition) is 2. The molecule has 2 fully saturated rings. The van der Waals surface area contributed by atoms with Gasteiger partial charge in [0.05, 0.1) is 24.1 Å². The van der Waals surface area contributed by atoms with E-state index in [1.54, 1.807) is 30.9 Å². The van der Waals surface area contributed by atoms with Gasteiger partial charge in [-0.25, -0.2) is 9.37 Å². The lowest BCUT2D eigenvalue weighted by atomic mass is 9.68. The van der Waals surface area contributed by atoms with Crippen LogP contribution in [-0.2, 0) is 0 Å². The average Bonchev–Trinajstić information content (AvgIpc) is 2.75. The Bertz CT molecular complexity index is 1120. The largest absolute Gasteiger partial charge is 0.507 e. The Balaban J connectivity index is 1.43. The molecule has 7 heteroatoms. The third-order valence-corrected chi connectivity index (χ3v) is 7.15. The number of nitrogens with one attached hydrogen (secondary N) is 1. The van der Waals surface area contributed by atoms with Gasteiger partial charge in [-0.05, 0) is 63.1 Å². The number of phenols is 1. The van der Waals surface area contributed by atoms with Crippen LogP contribution in [0.15, 0.2) is 43.0 Å². The summed E-state index contributed by atoms with van der Waals surface area (Å²) in [5.41, 5.74) is 0.614. The van der Waals surface area contributed by atoms with Gasteiger partial charge in [0.2, 0.25) is 0 Å². The molecule has 0 saturated carbocycles. The van der Waals surface area contributed by atoms with Crippen LogP contribution in [0.1, 0.15) is 39.5 Å². The predicted molar refractivity (Wildman–Crippen MR) is 120 cm³/mol. The van der Waals surface area contributed by atoms with Gasteiger partial charge >= 0.3 is 0 Å². The molecule has 0 unspecified atom stereocenters. The fourth-order valence-electron chi connectivity index (χ4n) is 5.48. The number of aromatic hydroxyl groups is 1. The number of phenolic OH excluding ortho intramolecular Hbond substituents is 1. The molecule has 5 rings (SSSR count). The molecule has 6 nitrogen and oxygen atoms in total. The van der Waals surface area contributed by atoms with E-state index in [4.69, 9.17) is 0 Å². The topological polar surface area (TPSA) is 74.2 Å². The Morgan fingerprint density at radius 2 is 1.97 bits per heavy atom. The highest BCUT2D eigenvalue weighted by Gasteiger charge is 2.53. The lowest BCUT2D eigenvalue weighted by molar-refractivity contribution is 0.00197. The van der Waals surface area contributed by atoms with E-state index in [1.165, 1.54) is 0 Å². The summed E-state index contributed by atoms with van der Waals surface area (Å²) in [4.78, 5) is 15.1. The van der Waals surface area contributed by atoms with E-state index >= 15 is 4.39 Å². The van der Waals surface area contributed by atoms with Gasteiger partial charge in [-0.15, -0.1) is 0 Å². The van der Waals surface area contributed by atoms with Gasteiger partial charge in [0, 0.05) is 41.5 Å². The van der Waals surface area contributed by atoms with Crippen LogP contribution in [-0.4, -0.2) is 50.4 Å². The van der Waals surface area contributed by atoms with Crippen LogP contribution in [0, 0.1) is 0 Å². The molecule has 2 saturated heterocycles. The molecule has 0 amide bonds. The normalized spacial score (nSPS) is 30.3. The Kier molecular flexibility index (Phi) is 4.62. The van der Waals surface area contributed by atoms with Crippen molar-refractivity contribution in [3.8, 4) is 17.0 Å². The van der Waals surface area contributed by atoms with Crippen LogP contribution >= 0.6 is 0 Å². The molecule has 31 heavy (non-hydrogen) atoms. The maximum atomic E-state index is 15.6. The fourth-order valence-corrected chi connectivity index (χ4v) is 5.48. The second kappa shape index (κ2) is 7.12. The first-order valence-electron chi connectivity index (χ1n) is 10.8. The first-order valence-corrected chi connectivity index (χ1v) is 10.8. The van der Waals surface area contributed by atoms with Crippen molar-refractivity contribution in [3.05, 3.63) is 43.0 Å². The molecule has 4 heterocycles. The van der Waals surface area contributed by atoms with Crippen LogP contribution in [0.4, 0.5) is 10.2 Å². The van der Waals surface area contributed by atoms with E-state index in [-0.39, 0.29) is 17.3 Å². The Labute approximate surface area is 181 Å². The Hall–Kier alpha value is -2.80. The van der Waals surface area contributed by atoms with Crippen molar-refractivity contribution in [2.75, 3.05) is 11.9 Å². The average molecular weight is 422 g/mol.